The van der Waals surface area contributed by atoms with Crippen LogP contribution in [0.1, 0.15) is 26.5 Å². The predicted octanol–water partition coefficient (Wildman–Crippen LogP) is 1.98. The standard InChI is InChI=1S/C13H17N3O/c1-4-16(12(17)13(2,3)10-14)9-11-7-5-6-8-15-11/h5-8H,4,9H2,1-3H3. The van der Waals surface area contributed by atoms with Crippen LogP contribution in [0.4, 0.5) is 0 Å². The Balaban J connectivity index is 2.81. The number of carbonyl (C=O) groups excluding carboxylic acids is 1. The Bertz CT molecular complexity index is 420. The van der Waals surface area contributed by atoms with E-state index in [1.54, 1.807) is 24.9 Å². The van der Waals surface area contributed by atoms with E-state index in [1.165, 1.54) is 0 Å². The van der Waals surface area contributed by atoms with Crippen LogP contribution in [0.15, 0.2) is 24.4 Å². The minimum atomic E-state index is -0.981. The van der Waals surface area contributed by atoms with Crippen molar-refractivity contribution >= 4 is 5.91 Å². The van der Waals surface area contributed by atoms with Crippen molar-refractivity contribution in [3.8, 4) is 6.07 Å². The van der Waals surface area contributed by atoms with Gasteiger partial charge in [-0.1, -0.05) is 6.07 Å². The zero-order valence-electron chi connectivity index (χ0n) is 10.5. The smallest absolute Gasteiger partial charge is 0.242 e. The second-order valence-corrected chi connectivity index (χ2v) is 4.38. The molecule has 0 atom stereocenters. The minimum Gasteiger partial charge on any atom is -0.336 e. The number of hydrogen-bond donors (Lipinski definition) is 0. The SMILES string of the molecule is CCN(Cc1ccccn1)C(=O)C(C)(C)C#N. The topological polar surface area (TPSA) is 57.0 Å². The van der Waals surface area contributed by atoms with E-state index in [2.05, 4.69) is 4.98 Å². The number of carbonyl (C=O) groups is 1. The molecule has 0 aliphatic heterocycles. The fraction of sp³-hybridized carbons (Fsp3) is 0.462. The molecule has 0 bridgehead atoms. The highest BCUT2D eigenvalue weighted by Gasteiger charge is 2.31. The summed E-state index contributed by atoms with van der Waals surface area (Å²) in [6, 6.07) is 7.62. The second kappa shape index (κ2) is 5.44. The van der Waals surface area contributed by atoms with Crippen LogP contribution >= 0.6 is 0 Å². The molecule has 0 fully saturated rings. The first-order valence-corrected chi connectivity index (χ1v) is 5.61. The quantitative estimate of drug-likeness (QED) is 0.796. The summed E-state index contributed by atoms with van der Waals surface area (Å²) in [7, 11) is 0. The predicted molar refractivity (Wildman–Crippen MR) is 64.7 cm³/mol. The second-order valence-electron chi connectivity index (χ2n) is 4.38. The lowest BCUT2D eigenvalue weighted by Crippen LogP contribution is -2.39. The Kier molecular flexibility index (Phi) is 4.22. The summed E-state index contributed by atoms with van der Waals surface area (Å²) in [6.07, 6.45) is 1.70. The number of rotatable bonds is 4. The summed E-state index contributed by atoms with van der Waals surface area (Å²) in [5.74, 6) is -0.159. The third kappa shape index (κ3) is 3.28. The van der Waals surface area contributed by atoms with Gasteiger partial charge in [0.1, 0.15) is 5.41 Å². The van der Waals surface area contributed by atoms with E-state index in [1.807, 2.05) is 31.2 Å². The molecule has 0 aliphatic carbocycles. The summed E-state index contributed by atoms with van der Waals surface area (Å²) in [6.45, 7) is 6.18. The fourth-order valence-electron chi connectivity index (χ4n) is 1.46. The van der Waals surface area contributed by atoms with Crippen molar-refractivity contribution in [3.63, 3.8) is 0 Å². The molecule has 1 amide bonds. The van der Waals surface area contributed by atoms with Gasteiger partial charge in [-0.15, -0.1) is 0 Å². The van der Waals surface area contributed by atoms with Gasteiger partial charge in [0.2, 0.25) is 5.91 Å². The van der Waals surface area contributed by atoms with Gasteiger partial charge in [0.15, 0.2) is 0 Å². The van der Waals surface area contributed by atoms with Gasteiger partial charge < -0.3 is 4.90 Å². The van der Waals surface area contributed by atoms with Crippen molar-refractivity contribution in [2.24, 2.45) is 5.41 Å². The molecule has 0 saturated carbocycles. The minimum absolute atomic E-state index is 0.159. The van der Waals surface area contributed by atoms with Gasteiger partial charge in [0.25, 0.3) is 0 Å². The molecule has 90 valence electrons. The molecule has 0 aromatic carbocycles. The van der Waals surface area contributed by atoms with Crippen molar-refractivity contribution in [2.75, 3.05) is 6.54 Å². The number of nitriles is 1. The van der Waals surface area contributed by atoms with Crippen molar-refractivity contribution < 1.29 is 4.79 Å². The lowest BCUT2D eigenvalue weighted by Gasteiger charge is -2.26. The van der Waals surface area contributed by atoms with E-state index < -0.39 is 5.41 Å². The molecule has 0 spiro atoms. The normalized spacial score (nSPS) is 10.7. The molecule has 1 aromatic rings. The lowest BCUT2D eigenvalue weighted by molar-refractivity contribution is -0.138. The van der Waals surface area contributed by atoms with E-state index in [0.717, 1.165) is 5.69 Å². The van der Waals surface area contributed by atoms with Crippen molar-refractivity contribution in [2.45, 2.75) is 27.3 Å². The van der Waals surface area contributed by atoms with E-state index in [0.29, 0.717) is 13.1 Å². The highest BCUT2D eigenvalue weighted by molar-refractivity contribution is 5.84. The Morgan fingerprint density at radius 3 is 2.71 bits per heavy atom. The first kappa shape index (κ1) is 13.2. The molecule has 1 rings (SSSR count). The van der Waals surface area contributed by atoms with Crippen LogP contribution in [-0.2, 0) is 11.3 Å². The van der Waals surface area contributed by atoms with E-state index in [4.69, 9.17) is 5.26 Å². The summed E-state index contributed by atoms with van der Waals surface area (Å²) in [5, 5.41) is 8.96. The maximum Gasteiger partial charge on any atom is 0.242 e. The molecule has 0 radical (unpaired) electrons. The van der Waals surface area contributed by atoms with Gasteiger partial charge in [-0.25, -0.2) is 0 Å². The van der Waals surface area contributed by atoms with Crippen molar-refractivity contribution in [1.82, 2.24) is 9.88 Å². The van der Waals surface area contributed by atoms with Gasteiger partial charge >= 0.3 is 0 Å². The van der Waals surface area contributed by atoms with Gasteiger partial charge in [-0.3, -0.25) is 9.78 Å². The summed E-state index contributed by atoms with van der Waals surface area (Å²) in [5.41, 5.74) is -0.151. The monoisotopic (exact) mass is 231 g/mol. The molecule has 0 unspecified atom stereocenters. The maximum atomic E-state index is 12.1. The van der Waals surface area contributed by atoms with Crippen LogP contribution in [0.25, 0.3) is 0 Å². The Morgan fingerprint density at radius 2 is 2.24 bits per heavy atom. The maximum absolute atomic E-state index is 12.1. The van der Waals surface area contributed by atoms with Crippen LogP contribution < -0.4 is 0 Å². The molecule has 4 heteroatoms. The van der Waals surface area contributed by atoms with Gasteiger partial charge in [-0.05, 0) is 32.9 Å². The first-order chi connectivity index (χ1) is 8.01. The van der Waals surface area contributed by atoms with E-state index in [-0.39, 0.29) is 5.91 Å². The van der Waals surface area contributed by atoms with Gasteiger partial charge in [-0.2, -0.15) is 5.26 Å². The van der Waals surface area contributed by atoms with Crippen molar-refractivity contribution in [3.05, 3.63) is 30.1 Å². The lowest BCUT2D eigenvalue weighted by atomic mass is 9.94. The largest absolute Gasteiger partial charge is 0.336 e. The third-order valence-electron chi connectivity index (χ3n) is 2.56. The molecule has 1 heterocycles. The Morgan fingerprint density at radius 1 is 1.53 bits per heavy atom. The zero-order valence-corrected chi connectivity index (χ0v) is 10.5. The highest BCUT2D eigenvalue weighted by Crippen LogP contribution is 2.18. The average Bonchev–Trinajstić information content (AvgIpc) is 2.36. The number of nitrogens with zero attached hydrogens (tertiary/aromatic N) is 3. The molecule has 4 nitrogen and oxygen atoms in total. The Hall–Kier alpha value is -1.89. The molecule has 0 saturated heterocycles. The molecule has 0 N–H and O–H groups in total. The number of amides is 1. The average molecular weight is 231 g/mol. The molecule has 1 aromatic heterocycles. The summed E-state index contributed by atoms with van der Waals surface area (Å²) in [4.78, 5) is 17.9. The van der Waals surface area contributed by atoms with Crippen LogP contribution in [0.2, 0.25) is 0 Å². The zero-order chi connectivity index (χ0) is 12.9. The first-order valence-electron chi connectivity index (χ1n) is 5.61. The fourth-order valence-corrected chi connectivity index (χ4v) is 1.46. The van der Waals surface area contributed by atoms with Gasteiger partial charge in [0, 0.05) is 12.7 Å². The van der Waals surface area contributed by atoms with E-state index >= 15 is 0 Å². The molecule has 17 heavy (non-hydrogen) atoms. The molecular weight excluding hydrogens is 214 g/mol. The summed E-state index contributed by atoms with van der Waals surface area (Å²) < 4.78 is 0. The van der Waals surface area contributed by atoms with Crippen LogP contribution in [0.5, 0.6) is 0 Å². The summed E-state index contributed by atoms with van der Waals surface area (Å²) >= 11 is 0. The molecular formula is C13H17N3O. The Labute approximate surface area is 102 Å². The number of aromatic nitrogens is 1. The third-order valence-corrected chi connectivity index (χ3v) is 2.56. The molecule has 0 aliphatic rings. The highest BCUT2D eigenvalue weighted by atomic mass is 16.2. The van der Waals surface area contributed by atoms with Gasteiger partial charge in [0.05, 0.1) is 18.3 Å². The van der Waals surface area contributed by atoms with Crippen LogP contribution in [-0.4, -0.2) is 22.3 Å². The number of pyridine rings is 1. The van der Waals surface area contributed by atoms with Crippen LogP contribution in [0.3, 0.4) is 0 Å². The van der Waals surface area contributed by atoms with Crippen LogP contribution in [0, 0.1) is 16.7 Å². The van der Waals surface area contributed by atoms with E-state index in [9.17, 15) is 4.79 Å². The van der Waals surface area contributed by atoms with Crippen molar-refractivity contribution in [1.29, 1.82) is 5.26 Å². The number of hydrogen-bond acceptors (Lipinski definition) is 3.